The molecule has 0 saturated heterocycles. The molecule has 0 spiro atoms. The number of hydrogen-bond acceptors (Lipinski definition) is 2. The van der Waals surface area contributed by atoms with Gasteiger partial charge in [-0.3, -0.25) is 9.36 Å². The summed E-state index contributed by atoms with van der Waals surface area (Å²) >= 11 is 0. The second-order valence-corrected chi connectivity index (χ2v) is 5.29. The average Bonchev–Trinajstić information content (AvgIpc) is 2.82. The lowest BCUT2D eigenvalue weighted by Crippen LogP contribution is -2.24. The summed E-state index contributed by atoms with van der Waals surface area (Å²) in [4.78, 5) is 12.4. The van der Waals surface area contributed by atoms with E-state index in [1.54, 1.807) is 6.07 Å². The van der Waals surface area contributed by atoms with E-state index in [0.29, 0.717) is 5.69 Å². The molecular formula is C16H18N2O. The number of anilines is 1. The Hall–Kier alpha value is -2.03. The van der Waals surface area contributed by atoms with Crippen LogP contribution in [0.4, 0.5) is 5.69 Å². The highest BCUT2D eigenvalue weighted by Gasteiger charge is 2.21. The van der Waals surface area contributed by atoms with Gasteiger partial charge in [0.1, 0.15) is 0 Å². The molecule has 1 aromatic carbocycles. The molecular weight excluding hydrogens is 236 g/mol. The normalized spacial score (nSPS) is 13.6. The highest BCUT2D eigenvalue weighted by Crippen LogP contribution is 2.29. The van der Waals surface area contributed by atoms with Gasteiger partial charge in [0.2, 0.25) is 0 Å². The van der Waals surface area contributed by atoms with Crippen LogP contribution in [0.5, 0.6) is 0 Å². The summed E-state index contributed by atoms with van der Waals surface area (Å²) in [6.07, 6.45) is 2.99. The quantitative estimate of drug-likeness (QED) is 0.850. The lowest BCUT2D eigenvalue weighted by molar-refractivity contribution is 0.844. The molecule has 98 valence electrons. The largest absolute Gasteiger partial charge is 0.398 e. The van der Waals surface area contributed by atoms with E-state index >= 15 is 0 Å². The van der Waals surface area contributed by atoms with Gasteiger partial charge in [0, 0.05) is 17.4 Å². The van der Waals surface area contributed by atoms with Crippen molar-refractivity contribution >= 4 is 5.69 Å². The molecule has 1 aliphatic rings. The van der Waals surface area contributed by atoms with Crippen LogP contribution < -0.4 is 11.3 Å². The molecule has 2 N–H and O–H groups in total. The summed E-state index contributed by atoms with van der Waals surface area (Å²) in [5.74, 6) is 0. The minimum absolute atomic E-state index is 0.0180. The number of nitrogen functional groups attached to an aromatic ring is 1. The van der Waals surface area contributed by atoms with Crippen molar-refractivity contribution in [3.63, 3.8) is 0 Å². The average molecular weight is 254 g/mol. The maximum atomic E-state index is 12.4. The predicted octanol–water partition coefficient (Wildman–Crippen LogP) is 2.53. The minimum Gasteiger partial charge on any atom is -0.398 e. The van der Waals surface area contributed by atoms with E-state index in [4.69, 9.17) is 5.73 Å². The Labute approximate surface area is 112 Å². The van der Waals surface area contributed by atoms with Gasteiger partial charge in [-0.15, -0.1) is 0 Å². The van der Waals surface area contributed by atoms with Crippen molar-refractivity contribution in [2.45, 2.75) is 33.1 Å². The fraction of sp³-hybridized carbons (Fsp3) is 0.312. The van der Waals surface area contributed by atoms with Crippen molar-refractivity contribution in [3.8, 4) is 5.69 Å². The maximum Gasteiger partial charge on any atom is 0.257 e. The fourth-order valence-electron chi connectivity index (χ4n) is 3.11. The smallest absolute Gasteiger partial charge is 0.257 e. The highest BCUT2D eigenvalue weighted by atomic mass is 16.1. The first-order valence-electron chi connectivity index (χ1n) is 6.69. The summed E-state index contributed by atoms with van der Waals surface area (Å²) in [5.41, 5.74) is 12.1. The summed E-state index contributed by atoms with van der Waals surface area (Å²) in [7, 11) is 0. The van der Waals surface area contributed by atoms with Gasteiger partial charge in [-0.05, 0) is 49.8 Å². The number of hydrogen-bond donors (Lipinski definition) is 1. The summed E-state index contributed by atoms with van der Waals surface area (Å²) in [5, 5.41) is 0. The maximum absolute atomic E-state index is 12.4. The topological polar surface area (TPSA) is 48.0 Å². The van der Waals surface area contributed by atoms with Crippen molar-refractivity contribution < 1.29 is 0 Å². The molecule has 0 unspecified atom stereocenters. The Balaban J connectivity index is 2.39. The third kappa shape index (κ3) is 1.77. The second-order valence-electron chi connectivity index (χ2n) is 5.29. The first-order chi connectivity index (χ1) is 9.09. The van der Waals surface area contributed by atoms with Gasteiger partial charge >= 0.3 is 0 Å². The van der Waals surface area contributed by atoms with Gasteiger partial charge < -0.3 is 5.73 Å². The van der Waals surface area contributed by atoms with Crippen LogP contribution in [0.2, 0.25) is 0 Å². The molecule has 0 saturated carbocycles. The molecule has 0 radical (unpaired) electrons. The minimum atomic E-state index is -0.0180. The number of aryl methyl sites for hydroxylation is 2. The summed E-state index contributed by atoms with van der Waals surface area (Å²) < 4.78 is 1.86. The van der Waals surface area contributed by atoms with E-state index in [0.717, 1.165) is 47.3 Å². The number of fused-ring (bicyclic) bond motifs is 1. The molecule has 0 aliphatic heterocycles. The first kappa shape index (κ1) is 12.0. The number of pyridine rings is 1. The molecule has 3 nitrogen and oxygen atoms in total. The number of para-hydroxylation sites is 1. The zero-order valence-electron chi connectivity index (χ0n) is 11.4. The zero-order valence-corrected chi connectivity index (χ0v) is 11.4. The molecule has 2 aromatic rings. The van der Waals surface area contributed by atoms with Crippen molar-refractivity contribution in [2.75, 3.05) is 5.73 Å². The van der Waals surface area contributed by atoms with E-state index in [9.17, 15) is 4.79 Å². The molecule has 3 rings (SSSR count). The molecule has 1 aliphatic carbocycles. The molecule has 1 aromatic heterocycles. The lowest BCUT2D eigenvalue weighted by atomic mass is 10.1. The Morgan fingerprint density at radius 3 is 2.53 bits per heavy atom. The number of benzene rings is 1. The van der Waals surface area contributed by atoms with Crippen LogP contribution in [0.1, 0.15) is 28.8 Å². The third-order valence-corrected chi connectivity index (χ3v) is 3.97. The number of nitrogens with two attached hydrogens (primary N) is 1. The molecule has 0 amide bonds. The highest BCUT2D eigenvalue weighted by molar-refractivity contribution is 5.56. The Bertz CT molecular complexity index is 693. The fourth-order valence-corrected chi connectivity index (χ4v) is 3.11. The molecule has 0 fully saturated rings. The van der Waals surface area contributed by atoms with Crippen LogP contribution in [0.15, 0.2) is 29.1 Å². The van der Waals surface area contributed by atoms with Crippen LogP contribution in [-0.4, -0.2) is 4.57 Å². The third-order valence-electron chi connectivity index (χ3n) is 3.97. The monoisotopic (exact) mass is 254 g/mol. The van der Waals surface area contributed by atoms with Crippen molar-refractivity contribution in [1.29, 1.82) is 0 Å². The van der Waals surface area contributed by atoms with E-state index in [1.807, 2.05) is 36.6 Å². The number of nitrogens with zero attached hydrogens (tertiary/aromatic N) is 1. The second kappa shape index (κ2) is 4.26. The van der Waals surface area contributed by atoms with E-state index in [1.165, 1.54) is 0 Å². The van der Waals surface area contributed by atoms with Gasteiger partial charge in [-0.1, -0.05) is 18.2 Å². The molecule has 19 heavy (non-hydrogen) atoms. The Kier molecular flexibility index (Phi) is 2.70. The van der Waals surface area contributed by atoms with E-state index < -0.39 is 0 Å². The summed E-state index contributed by atoms with van der Waals surface area (Å²) in [6, 6.07) is 7.69. The van der Waals surface area contributed by atoms with Crippen LogP contribution >= 0.6 is 0 Å². The Morgan fingerprint density at radius 1 is 1.16 bits per heavy atom. The Morgan fingerprint density at radius 2 is 1.84 bits per heavy atom. The lowest BCUT2D eigenvalue weighted by Gasteiger charge is -2.17. The van der Waals surface area contributed by atoms with Gasteiger partial charge in [0.15, 0.2) is 0 Å². The van der Waals surface area contributed by atoms with E-state index in [-0.39, 0.29) is 5.56 Å². The predicted molar refractivity (Wildman–Crippen MR) is 78.0 cm³/mol. The molecule has 0 atom stereocenters. The summed E-state index contributed by atoms with van der Waals surface area (Å²) in [6.45, 7) is 4.10. The van der Waals surface area contributed by atoms with Crippen LogP contribution in [0.25, 0.3) is 5.69 Å². The van der Waals surface area contributed by atoms with Gasteiger partial charge in [0.05, 0.1) is 5.69 Å². The molecule has 1 heterocycles. The first-order valence-corrected chi connectivity index (χ1v) is 6.69. The SMILES string of the molecule is Cc1cccc(C)c1-n1c2c(c(N)cc1=O)CCC2. The van der Waals surface area contributed by atoms with Crippen LogP contribution in [0, 0.1) is 13.8 Å². The molecule has 0 bridgehead atoms. The van der Waals surface area contributed by atoms with Gasteiger partial charge in [0.25, 0.3) is 5.56 Å². The van der Waals surface area contributed by atoms with Crippen molar-refractivity contribution in [2.24, 2.45) is 0 Å². The number of rotatable bonds is 1. The van der Waals surface area contributed by atoms with Crippen molar-refractivity contribution in [1.82, 2.24) is 4.57 Å². The van der Waals surface area contributed by atoms with E-state index in [2.05, 4.69) is 0 Å². The zero-order chi connectivity index (χ0) is 13.6. The van der Waals surface area contributed by atoms with Crippen LogP contribution in [-0.2, 0) is 12.8 Å². The number of aromatic nitrogens is 1. The molecule has 3 heteroatoms. The standard InChI is InChI=1S/C16H18N2O/c1-10-5-3-6-11(2)16(10)18-14-8-4-7-12(14)13(17)9-15(18)19/h3,5-6,9H,4,7-8,17H2,1-2H3. The van der Waals surface area contributed by atoms with Gasteiger partial charge in [-0.25, -0.2) is 0 Å². The van der Waals surface area contributed by atoms with Crippen LogP contribution in [0.3, 0.4) is 0 Å². The van der Waals surface area contributed by atoms with Gasteiger partial charge in [-0.2, -0.15) is 0 Å². The van der Waals surface area contributed by atoms with Crippen molar-refractivity contribution in [3.05, 3.63) is 57.0 Å².